The molecule has 1 saturated carbocycles. The minimum absolute atomic E-state index is 0.252. The number of hydrogen-bond donors (Lipinski definition) is 3. The molecule has 3 amide bonds. The van der Waals surface area contributed by atoms with Gasteiger partial charge in [0.25, 0.3) is 0 Å². The first-order chi connectivity index (χ1) is 21.2. The molecular formula is C39H75N3O3. The number of carbonyl (C=O) groups excluding carboxylic acids is 3. The maximum Gasteiger partial charge on any atom is 0.221 e. The van der Waals surface area contributed by atoms with Crippen LogP contribution < -0.4 is 17.2 Å². The summed E-state index contributed by atoms with van der Waals surface area (Å²) in [6.07, 6.45) is 15.5. The molecule has 1 fully saturated rings. The van der Waals surface area contributed by atoms with Crippen LogP contribution in [0.4, 0.5) is 0 Å². The minimum Gasteiger partial charge on any atom is -0.369 e. The topological polar surface area (TPSA) is 129 Å². The van der Waals surface area contributed by atoms with Crippen molar-refractivity contribution in [2.24, 2.45) is 88.2 Å². The normalized spacial score (nSPS) is 27.7. The smallest absolute Gasteiger partial charge is 0.221 e. The van der Waals surface area contributed by atoms with Gasteiger partial charge in [0, 0.05) is 17.8 Å². The Hall–Kier alpha value is -1.59. The molecule has 6 N–H and O–H groups in total. The molecule has 1 aliphatic carbocycles. The fraction of sp³-hybridized carbons (Fsp3) is 0.923. The van der Waals surface area contributed by atoms with Crippen LogP contribution in [0.3, 0.4) is 0 Å². The number of nitrogens with two attached hydrogens (primary N) is 3. The predicted octanol–water partition coefficient (Wildman–Crippen LogP) is 8.88. The molecule has 0 aromatic carbocycles. The minimum atomic E-state index is -0.571. The second-order valence-corrected chi connectivity index (χ2v) is 16.2. The summed E-state index contributed by atoms with van der Waals surface area (Å²) in [4.78, 5) is 40.2. The van der Waals surface area contributed by atoms with Gasteiger partial charge in [-0.15, -0.1) is 0 Å². The quantitative estimate of drug-likeness (QED) is 0.0981. The highest BCUT2D eigenvalue weighted by molar-refractivity contribution is 5.85. The first kappa shape index (κ1) is 41.4. The van der Waals surface area contributed by atoms with E-state index in [4.69, 9.17) is 17.2 Å². The Morgan fingerprint density at radius 2 is 0.622 bits per heavy atom. The molecule has 0 heterocycles. The van der Waals surface area contributed by atoms with Gasteiger partial charge in [-0.05, 0) is 91.8 Å². The van der Waals surface area contributed by atoms with Gasteiger partial charge in [-0.25, -0.2) is 0 Å². The van der Waals surface area contributed by atoms with Crippen molar-refractivity contribution in [2.75, 3.05) is 0 Å². The van der Waals surface area contributed by atoms with E-state index in [2.05, 4.69) is 62.3 Å². The first-order valence-electron chi connectivity index (χ1n) is 19.1. The molecule has 6 atom stereocenters. The maximum atomic E-state index is 13.4. The molecule has 0 saturated heterocycles. The molecule has 0 aromatic rings. The van der Waals surface area contributed by atoms with E-state index in [1.54, 1.807) is 0 Å². The van der Waals surface area contributed by atoms with E-state index >= 15 is 0 Å². The molecule has 1 rings (SSSR count). The van der Waals surface area contributed by atoms with Crippen molar-refractivity contribution in [3.8, 4) is 0 Å². The zero-order valence-corrected chi connectivity index (χ0v) is 31.0. The van der Waals surface area contributed by atoms with E-state index in [1.165, 1.54) is 38.5 Å². The van der Waals surface area contributed by atoms with E-state index in [9.17, 15) is 14.4 Å². The SMILES string of the molecule is CCCC(C)CC(C)CCC1C(C(N)=O)C(CCC(C)CC(C)CCC)C(C(N)=O)C(CCC(C)CC(C)CCC)C1C(N)=O. The van der Waals surface area contributed by atoms with Crippen LogP contribution in [-0.2, 0) is 14.4 Å². The molecule has 6 heteroatoms. The van der Waals surface area contributed by atoms with Crippen molar-refractivity contribution < 1.29 is 14.4 Å². The molecule has 264 valence electrons. The summed E-state index contributed by atoms with van der Waals surface area (Å²) >= 11 is 0. The lowest BCUT2D eigenvalue weighted by atomic mass is 9.53. The number of amides is 3. The number of hydrogen-bond acceptors (Lipinski definition) is 3. The summed E-state index contributed by atoms with van der Waals surface area (Å²) in [5, 5.41) is 0. The van der Waals surface area contributed by atoms with E-state index in [-0.39, 0.29) is 17.8 Å². The van der Waals surface area contributed by atoms with Gasteiger partial charge in [-0.2, -0.15) is 0 Å². The van der Waals surface area contributed by atoms with Gasteiger partial charge in [0.05, 0.1) is 0 Å². The van der Waals surface area contributed by atoms with Gasteiger partial charge < -0.3 is 17.2 Å². The van der Waals surface area contributed by atoms with Gasteiger partial charge in [0.1, 0.15) is 0 Å². The zero-order valence-electron chi connectivity index (χ0n) is 31.0. The molecule has 6 nitrogen and oxygen atoms in total. The molecule has 0 aromatic heterocycles. The molecular weight excluding hydrogens is 558 g/mol. The van der Waals surface area contributed by atoms with Crippen molar-refractivity contribution >= 4 is 17.7 Å². The summed E-state index contributed by atoms with van der Waals surface area (Å²) in [7, 11) is 0. The van der Waals surface area contributed by atoms with Crippen LogP contribution in [0.2, 0.25) is 0 Å². The molecule has 1 aliphatic rings. The fourth-order valence-electron chi connectivity index (χ4n) is 9.64. The van der Waals surface area contributed by atoms with Crippen LogP contribution in [-0.4, -0.2) is 17.7 Å². The highest BCUT2D eigenvalue weighted by Gasteiger charge is 2.55. The average molecular weight is 634 g/mol. The van der Waals surface area contributed by atoms with Crippen molar-refractivity contribution in [3.63, 3.8) is 0 Å². The van der Waals surface area contributed by atoms with Crippen LogP contribution in [0.1, 0.15) is 159 Å². The van der Waals surface area contributed by atoms with Gasteiger partial charge in [0.15, 0.2) is 0 Å². The lowest BCUT2D eigenvalue weighted by Crippen LogP contribution is -2.57. The van der Waals surface area contributed by atoms with Crippen molar-refractivity contribution in [3.05, 3.63) is 0 Å². The number of carbonyl (C=O) groups is 3. The summed E-state index contributed by atoms with van der Waals surface area (Å²) in [5.74, 6) is -0.330. The van der Waals surface area contributed by atoms with E-state index in [0.29, 0.717) is 35.5 Å². The first-order valence-corrected chi connectivity index (χ1v) is 19.1. The van der Waals surface area contributed by atoms with Crippen LogP contribution >= 0.6 is 0 Å². The van der Waals surface area contributed by atoms with Crippen molar-refractivity contribution in [1.29, 1.82) is 0 Å². The van der Waals surface area contributed by atoms with Crippen molar-refractivity contribution in [2.45, 2.75) is 159 Å². The third kappa shape index (κ3) is 14.0. The average Bonchev–Trinajstić information content (AvgIpc) is 2.92. The van der Waals surface area contributed by atoms with Gasteiger partial charge in [-0.3, -0.25) is 14.4 Å². The third-order valence-corrected chi connectivity index (χ3v) is 11.5. The second-order valence-electron chi connectivity index (χ2n) is 16.2. The van der Waals surface area contributed by atoms with E-state index in [1.807, 2.05) is 0 Å². The Bertz CT molecular complexity index is 741. The highest BCUT2D eigenvalue weighted by atomic mass is 16.2. The third-order valence-electron chi connectivity index (χ3n) is 11.5. The number of primary amides is 3. The molecule has 0 radical (unpaired) electrons. The number of rotatable bonds is 24. The largest absolute Gasteiger partial charge is 0.369 e. The van der Waals surface area contributed by atoms with Crippen LogP contribution in [0.5, 0.6) is 0 Å². The van der Waals surface area contributed by atoms with Gasteiger partial charge in [0.2, 0.25) is 17.7 Å². The second kappa shape index (κ2) is 21.3. The maximum absolute atomic E-state index is 13.4. The van der Waals surface area contributed by atoms with Crippen LogP contribution in [0.15, 0.2) is 0 Å². The standard InChI is InChI=1S/C39H75N3O3/c1-10-13-25(4)22-28(7)16-19-31-34(37(40)43)32(20-17-29(8)23-26(5)14-11-2)36(39(42)45)33(35(31)38(41)44)21-18-30(9)24-27(6)15-12-3/h25-36H,10-24H2,1-9H3,(H2,40,43)(H2,41,44)(H2,42,45). The molecule has 0 bridgehead atoms. The molecule has 6 unspecified atom stereocenters. The monoisotopic (exact) mass is 634 g/mol. The lowest BCUT2D eigenvalue weighted by molar-refractivity contribution is -0.149. The Labute approximate surface area is 278 Å². The Kier molecular flexibility index (Phi) is 19.6. The Morgan fingerprint density at radius 1 is 0.422 bits per heavy atom. The van der Waals surface area contributed by atoms with E-state index in [0.717, 1.165) is 57.8 Å². The fourth-order valence-corrected chi connectivity index (χ4v) is 9.64. The zero-order chi connectivity index (χ0) is 34.3. The van der Waals surface area contributed by atoms with Crippen molar-refractivity contribution in [1.82, 2.24) is 0 Å². The Balaban J connectivity index is 3.47. The summed E-state index contributed by atoms with van der Waals surface area (Å²) in [5.41, 5.74) is 18.7. The summed E-state index contributed by atoms with van der Waals surface area (Å²) < 4.78 is 0. The molecule has 0 aliphatic heterocycles. The molecule has 45 heavy (non-hydrogen) atoms. The van der Waals surface area contributed by atoms with Gasteiger partial charge in [-0.1, -0.05) is 120 Å². The Morgan fingerprint density at radius 3 is 0.800 bits per heavy atom. The summed E-state index contributed by atoms with van der Waals surface area (Å²) in [6, 6.07) is 0. The lowest BCUT2D eigenvalue weighted by Gasteiger charge is -2.50. The van der Waals surface area contributed by atoms with E-state index < -0.39 is 35.5 Å². The van der Waals surface area contributed by atoms with Crippen LogP contribution in [0.25, 0.3) is 0 Å². The highest BCUT2D eigenvalue weighted by Crippen LogP contribution is 2.52. The predicted molar refractivity (Wildman–Crippen MR) is 190 cm³/mol. The van der Waals surface area contributed by atoms with Crippen LogP contribution in [0, 0.1) is 71.0 Å². The molecule has 0 spiro atoms. The summed E-state index contributed by atoms with van der Waals surface area (Å²) in [6.45, 7) is 20.5. The van der Waals surface area contributed by atoms with Gasteiger partial charge >= 0.3 is 0 Å².